The normalized spacial score (nSPS) is 12.5. The maximum atomic E-state index is 14.3. The highest BCUT2D eigenvalue weighted by molar-refractivity contribution is 9.10. The SMILES string of the molecule is CNC(c1cncc(Br)c1)c1ccc(Br)c(Cl)c1F. The van der Waals surface area contributed by atoms with E-state index in [1.54, 1.807) is 31.6 Å². The van der Waals surface area contributed by atoms with Gasteiger partial charge in [0.25, 0.3) is 0 Å². The van der Waals surface area contributed by atoms with Crippen molar-refractivity contribution < 1.29 is 4.39 Å². The van der Waals surface area contributed by atoms with Gasteiger partial charge < -0.3 is 5.32 Å². The molecule has 0 amide bonds. The molecule has 2 rings (SSSR count). The average molecular weight is 408 g/mol. The quantitative estimate of drug-likeness (QED) is 0.744. The number of pyridine rings is 1. The van der Waals surface area contributed by atoms with Crippen molar-refractivity contribution in [2.24, 2.45) is 0 Å². The molecule has 0 aliphatic carbocycles. The van der Waals surface area contributed by atoms with E-state index in [-0.39, 0.29) is 11.1 Å². The summed E-state index contributed by atoms with van der Waals surface area (Å²) in [5.74, 6) is -0.435. The van der Waals surface area contributed by atoms with Gasteiger partial charge in [0, 0.05) is 26.9 Å². The van der Waals surface area contributed by atoms with Gasteiger partial charge in [-0.1, -0.05) is 17.7 Å². The van der Waals surface area contributed by atoms with Crippen molar-refractivity contribution in [2.45, 2.75) is 6.04 Å². The van der Waals surface area contributed by atoms with Crippen LogP contribution in [0.3, 0.4) is 0 Å². The van der Waals surface area contributed by atoms with Crippen molar-refractivity contribution in [3.05, 3.63) is 61.5 Å². The van der Waals surface area contributed by atoms with Gasteiger partial charge in [0.2, 0.25) is 0 Å². The molecule has 1 N–H and O–H groups in total. The fourth-order valence-corrected chi connectivity index (χ4v) is 2.71. The summed E-state index contributed by atoms with van der Waals surface area (Å²) in [5, 5.41) is 3.16. The fraction of sp³-hybridized carbons (Fsp3) is 0.154. The second kappa shape index (κ2) is 6.31. The third-order valence-corrected chi connectivity index (χ3v) is 4.42. The summed E-state index contributed by atoms with van der Waals surface area (Å²) in [6.07, 6.45) is 3.38. The molecule has 2 nitrogen and oxygen atoms in total. The molecule has 0 spiro atoms. The average Bonchev–Trinajstić information content (AvgIpc) is 2.40. The van der Waals surface area contributed by atoms with E-state index in [4.69, 9.17) is 11.6 Å². The number of benzene rings is 1. The molecule has 0 saturated heterocycles. The minimum absolute atomic E-state index is 0.0840. The molecular weight excluding hydrogens is 398 g/mol. The highest BCUT2D eigenvalue weighted by Crippen LogP contribution is 2.33. The van der Waals surface area contributed by atoms with Crippen LogP contribution < -0.4 is 5.32 Å². The van der Waals surface area contributed by atoms with Crippen LogP contribution in [0.4, 0.5) is 4.39 Å². The van der Waals surface area contributed by atoms with Crippen LogP contribution in [0.1, 0.15) is 17.2 Å². The van der Waals surface area contributed by atoms with Crippen LogP contribution in [0.25, 0.3) is 0 Å². The third kappa shape index (κ3) is 3.16. The lowest BCUT2D eigenvalue weighted by molar-refractivity contribution is 0.575. The molecule has 6 heteroatoms. The molecule has 1 unspecified atom stereocenters. The molecular formula is C13H10Br2ClFN2. The smallest absolute Gasteiger partial charge is 0.148 e. The molecule has 100 valence electrons. The Balaban J connectivity index is 2.51. The lowest BCUT2D eigenvalue weighted by Gasteiger charge is -2.18. The van der Waals surface area contributed by atoms with Gasteiger partial charge in [-0.05, 0) is 56.6 Å². The first-order valence-electron chi connectivity index (χ1n) is 5.45. The first-order valence-corrected chi connectivity index (χ1v) is 7.42. The highest BCUT2D eigenvalue weighted by Gasteiger charge is 2.19. The van der Waals surface area contributed by atoms with Crippen LogP contribution in [0.15, 0.2) is 39.5 Å². The van der Waals surface area contributed by atoms with E-state index in [0.717, 1.165) is 10.0 Å². The maximum Gasteiger partial charge on any atom is 0.148 e. The van der Waals surface area contributed by atoms with Crippen LogP contribution in [0.2, 0.25) is 5.02 Å². The number of aromatic nitrogens is 1. The van der Waals surface area contributed by atoms with Crippen LogP contribution >= 0.6 is 43.5 Å². The molecule has 19 heavy (non-hydrogen) atoms. The summed E-state index contributed by atoms with van der Waals surface area (Å²) in [4.78, 5) is 4.10. The Labute approximate surface area is 132 Å². The molecule has 0 radical (unpaired) electrons. The fourth-order valence-electron chi connectivity index (χ4n) is 1.85. The zero-order valence-corrected chi connectivity index (χ0v) is 13.9. The van der Waals surface area contributed by atoms with E-state index >= 15 is 0 Å². The van der Waals surface area contributed by atoms with E-state index in [1.165, 1.54) is 0 Å². The summed E-state index contributed by atoms with van der Waals surface area (Å²) in [7, 11) is 1.76. The van der Waals surface area contributed by atoms with Crippen LogP contribution in [0.5, 0.6) is 0 Å². The Morgan fingerprint density at radius 1 is 1.32 bits per heavy atom. The predicted octanol–water partition coefficient (Wildman–Crippen LogP) is 4.71. The van der Waals surface area contributed by atoms with E-state index in [1.807, 2.05) is 6.07 Å². The molecule has 2 aromatic rings. The topological polar surface area (TPSA) is 24.9 Å². The van der Waals surface area contributed by atoms with Gasteiger partial charge in [-0.3, -0.25) is 4.98 Å². The Morgan fingerprint density at radius 2 is 2.05 bits per heavy atom. The molecule has 0 bridgehead atoms. The summed E-state index contributed by atoms with van der Waals surface area (Å²) >= 11 is 12.5. The van der Waals surface area contributed by atoms with E-state index in [2.05, 4.69) is 42.2 Å². The van der Waals surface area contributed by atoms with Gasteiger partial charge in [-0.2, -0.15) is 0 Å². The van der Waals surface area contributed by atoms with Gasteiger partial charge in [-0.25, -0.2) is 4.39 Å². The maximum absolute atomic E-state index is 14.3. The molecule has 0 aliphatic rings. The van der Waals surface area contributed by atoms with Crippen molar-refractivity contribution in [2.75, 3.05) is 7.05 Å². The van der Waals surface area contributed by atoms with Crippen LogP contribution in [-0.4, -0.2) is 12.0 Å². The monoisotopic (exact) mass is 406 g/mol. The third-order valence-electron chi connectivity index (χ3n) is 2.72. The van der Waals surface area contributed by atoms with Gasteiger partial charge in [0.1, 0.15) is 5.82 Å². The van der Waals surface area contributed by atoms with Crippen molar-refractivity contribution in [1.82, 2.24) is 10.3 Å². The Bertz CT molecular complexity index is 607. The molecule has 0 saturated carbocycles. The van der Waals surface area contributed by atoms with E-state index in [0.29, 0.717) is 10.0 Å². The van der Waals surface area contributed by atoms with Crippen molar-refractivity contribution >= 4 is 43.5 Å². The van der Waals surface area contributed by atoms with Crippen molar-refractivity contribution in [3.63, 3.8) is 0 Å². The van der Waals surface area contributed by atoms with Crippen LogP contribution in [-0.2, 0) is 0 Å². The number of nitrogens with zero attached hydrogens (tertiary/aromatic N) is 1. The number of nitrogens with one attached hydrogen (secondary N) is 1. The molecule has 1 heterocycles. The highest BCUT2D eigenvalue weighted by atomic mass is 79.9. The summed E-state index contributed by atoms with van der Waals surface area (Å²) in [6.45, 7) is 0. The van der Waals surface area contributed by atoms with Gasteiger partial charge in [-0.15, -0.1) is 0 Å². The van der Waals surface area contributed by atoms with Gasteiger partial charge in [0.05, 0.1) is 11.1 Å². The largest absolute Gasteiger partial charge is 0.309 e. The lowest BCUT2D eigenvalue weighted by atomic mass is 10.00. The van der Waals surface area contributed by atoms with Crippen LogP contribution in [0, 0.1) is 5.82 Å². The molecule has 1 atom stereocenters. The molecule has 1 aromatic carbocycles. The second-order valence-corrected chi connectivity index (χ2v) is 6.07. The Kier molecular flexibility index (Phi) is 4.95. The zero-order valence-electron chi connectivity index (χ0n) is 9.92. The summed E-state index contributed by atoms with van der Waals surface area (Å²) in [6, 6.07) is 5.02. The predicted molar refractivity (Wildman–Crippen MR) is 81.9 cm³/mol. The molecule has 0 fully saturated rings. The van der Waals surface area contributed by atoms with Gasteiger partial charge >= 0.3 is 0 Å². The van der Waals surface area contributed by atoms with E-state index in [9.17, 15) is 4.39 Å². The Hall–Kier alpha value is -0.490. The lowest BCUT2D eigenvalue weighted by Crippen LogP contribution is -2.19. The van der Waals surface area contributed by atoms with Crippen molar-refractivity contribution in [1.29, 1.82) is 0 Å². The number of rotatable bonds is 3. The number of halogens is 4. The first kappa shape index (κ1) is 14.9. The van der Waals surface area contributed by atoms with Crippen molar-refractivity contribution in [3.8, 4) is 0 Å². The zero-order chi connectivity index (χ0) is 14.0. The number of hydrogen-bond acceptors (Lipinski definition) is 2. The standard InChI is InChI=1S/C13H10Br2ClFN2/c1-18-13(7-4-8(14)6-19-5-7)9-2-3-10(15)11(16)12(9)17/h2-6,13,18H,1H3. The molecule has 1 aromatic heterocycles. The number of hydrogen-bond donors (Lipinski definition) is 1. The Morgan fingerprint density at radius 3 is 2.68 bits per heavy atom. The second-order valence-electron chi connectivity index (χ2n) is 3.92. The summed E-state index contributed by atoms with van der Waals surface area (Å²) in [5.41, 5.74) is 1.34. The summed E-state index contributed by atoms with van der Waals surface area (Å²) < 4.78 is 15.6. The first-order chi connectivity index (χ1) is 9.04. The minimum Gasteiger partial charge on any atom is -0.309 e. The van der Waals surface area contributed by atoms with Gasteiger partial charge in [0.15, 0.2) is 0 Å². The molecule has 0 aliphatic heterocycles. The van der Waals surface area contributed by atoms with E-state index < -0.39 is 5.82 Å². The minimum atomic E-state index is -0.435.